The number of hydrogen-bond acceptors (Lipinski definition) is 3. The van der Waals surface area contributed by atoms with Crippen LogP contribution in [0.25, 0.3) is 0 Å². The smallest absolute Gasteiger partial charge is 0.239 e. The fraction of sp³-hybridized carbons (Fsp3) is 0.583. The van der Waals surface area contributed by atoms with Gasteiger partial charge in [0.25, 0.3) is 0 Å². The van der Waals surface area contributed by atoms with Crippen LogP contribution in [0.5, 0.6) is 0 Å². The minimum absolute atomic E-state index is 0.0492. The molecule has 0 aliphatic heterocycles. The molecule has 96 valence electrons. The molecule has 4 nitrogen and oxygen atoms in total. The number of rotatable bonds is 5. The normalized spacial score (nSPS) is 14.4. The topological polar surface area (TPSA) is 59.5 Å². The summed E-state index contributed by atoms with van der Waals surface area (Å²) in [6.45, 7) is 4.45. The van der Waals surface area contributed by atoms with Gasteiger partial charge in [0.1, 0.15) is 5.76 Å². The van der Waals surface area contributed by atoms with Crippen LogP contribution in [-0.4, -0.2) is 23.9 Å². The second-order valence-electron chi connectivity index (χ2n) is 4.31. The van der Waals surface area contributed by atoms with E-state index in [-0.39, 0.29) is 11.8 Å². The van der Waals surface area contributed by atoms with Crippen LogP contribution in [0.15, 0.2) is 21.2 Å². The molecule has 1 amide bonds. The maximum Gasteiger partial charge on any atom is 0.239 e. The van der Waals surface area contributed by atoms with Gasteiger partial charge in [-0.25, -0.2) is 0 Å². The summed E-state index contributed by atoms with van der Waals surface area (Å²) in [5.74, 6) is 0.879. The quantitative estimate of drug-likeness (QED) is 0.908. The number of halogens is 1. The first-order valence-electron chi connectivity index (χ1n) is 5.70. The summed E-state index contributed by atoms with van der Waals surface area (Å²) in [5.41, 5.74) is 5.90. The highest BCUT2D eigenvalue weighted by molar-refractivity contribution is 9.10. The third-order valence-electron chi connectivity index (χ3n) is 2.94. The first-order valence-corrected chi connectivity index (χ1v) is 6.49. The van der Waals surface area contributed by atoms with E-state index in [1.54, 1.807) is 11.9 Å². The van der Waals surface area contributed by atoms with Crippen LogP contribution in [0.3, 0.4) is 0 Å². The van der Waals surface area contributed by atoms with Gasteiger partial charge in [0.05, 0.1) is 12.6 Å². The van der Waals surface area contributed by atoms with Crippen molar-refractivity contribution >= 4 is 21.8 Å². The van der Waals surface area contributed by atoms with Crippen molar-refractivity contribution < 1.29 is 9.21 Å². The third kappa shape index (κ3) is 3.85. The molecular formula is C12H19BrN2O2. The number of nitrogens with zero attached hydrogens (tertiary/aromatic N) is 1. The Hall–Kier alpha value is -0.810. The zero-order chi connectivity index (χ0) is 13.0. The number of nitrogens with two attached hydrogens (primary N) is 1. The molecule has 0 aliphatic rings. The SMILES string of the molecule is CCC(C)C(N)C(=O)N(C)Cc1ccc(Br)o1. The fourth-order valence-electron chi connectivity index (χ4n) is 1.50. The summed E-state index contributed by atoms with van der Waals surface area (Å²) < 4.78 is 6.02. The predicted molar refractivity (Wildman–Crippen MR) is 70.3 cm³/mol. The Morgan fingerprint density at radius 1 is 1.59 bits per heavy atom. The van der Waals surface area contributed by atoms with Gasteiger partial charge in [-0.2, -0.15) is 0 Å². The van der Waals surface area contributed by atoms with Gasteiger partial charge in [0.15, 0.2) is 4.67 Å². The number of carbonyl (C=O) groups is 1. The molecule has 2 atom stereocenters. The van der Waals surface area contributed by atoms with Crippen LogP contribution >= 0.6 is 15.9 Å². The first-order chi connectivity index (χ1) is 7.95. The van der Waals surface area contributed by atoms with Gasteiger partial charge < -0.3 is 15.1 Å². The molecule has 0 aromatic carbocycles. The Labute approximate surface area is 110 Å². The van der Waals surface area contributed by atoms with E-state index in [4.69, 9.17) is 10.2 Å². The van der Waals surface area contributed by atoms with Crippen LogP contribution < -0.4 is 5.73 Å². The van der Waals surface area contributed by atoms with Gasteiger partial charge in [-0.05, 0) is 34.0 Å². The monoisotopic (exact) mass is 302 g/mol. The molecule has 1 heterocycles. The molecule has 0 fully saturated rings. The Morgan fingerprint density at radius 3 is 2.71 bits per heavy atom. The van der Waals surface area contributed by atoms with E-state index in [1.807, 2.05) is 26.0 Å². The Kier molecular flexibility index (Phi) is 5.21. The minimum Gasteiger partial charge on any atom is -0.452 e. The first kappa shape index (κ1) is 14.3. The van der Waals surface area contributed by atoms with E-state index in [1.165, 1.54) is 0 Å². The van der Waals surface area contributed by atoms with Crippen molar-refractivity contribution in [2.45, 2.75) is 32.9 Å². The predicted octanol–water partition coefficient (Wildman–Crippen LogP) is 2.37. The van der Waals surface area contributed by atoms with Gasteiger partial charge in [-0.1, -0.05) is 20.3 Å². The Bertz CT molecular complexity index is 378. The average molecular weight is 303 g/mol. The van der Waals surface area contributed by atoms with Crippen molar-refractivity contribution in [3.63, 3.8) is 0 Å². The molecule has 17 heavy (non-hydrogen) atoms. The average Bonchev–Trinajstić information content (AvgIpc) is 2.71. The largest absolute Gasteiger partial charge is 0.452 e. The van der Waals surface area contributed by atoms with Gasteiger partial charge in [-0.3, -0.25) is 4.79 Å². The lowest BCUT2D eigenvalue weighted by molar-refractivity contribution is -0.133. The van der Waals surface area contributed by atoms with Crippen LogP contribution in [0, 0.1) is 5.92 Å². The molecule has 2 N–H and O–H groups in total. The summed E-state index contributed by atoms with van der Waals surface area (Å²) in [6, 6.07) is 3.20. The zero-order valence-electron chi connectivity index (χ0n) is 10.4. The van der Waals surface area contributed by atoms with E-state index >= 15 is 0 Å². The molecule has 0 saturated heterocycles. The number of carbonyl (C=O) groups excluding carboxylic acids is 1. The lowest BCUT2D eigenvalue weighted by Crippen LogP contribution is -2.45. The summed E-state index contributed by atoms with van der Waals surface area (Å²) >= 11 is 3.23. The molecule has 1 aromatic rings. The van der Waals surface area contributed by atoms with Crippen LogP contribution in [-0.2, 0) is 11.3 Å². The number of amides is 1. The van der Waals surface area contributed by atoms with E-state index in [2.05, 4.69) is 15.9 Å². The van der Waals surface area contributed by atoms with Gasteiger partial charge in [-0.15, -0.1) is 0 Å². The molecule has 0 bridgehead atoms. The Balaban J connectivity index is 2.58. The zero-order valence-corrected chi connectivity index (χ0v) is 12.0. The molecule has 0 spiro atoms. The summed E-state index contributed by atoms with van der Waals surface area (Å²) in [4.78, 5) is 13.6. The van der Waals surface area contributed by atoms with Crippen LogP contribution in [0.1, 0.15) is 26.0 Å². The van der Waals surface area contributed by atoms with Crippen LogP contribution in [0.2, 0.25) is 0 Å². The number of likely N-dealkylation sites (N-methyl/N-ethyl adjacent to an activating group) is 1. The molecule has 2 unspecified atom stereocenters. The fourth-order valence-corrected chi connectivity index (χ4v) is 1.84. The molecule has 5 heteroatoms. The van der Waals surface area contributed by atoms with Crippen LogP contribution in [0.4, 0.5) is 0 Å². The number of furan rings is 1. The van der Waals surface area contributed by atoms with Gasteiger partial charge in [0.2, 0.25) is 5.91 Å². The summed E-state index contributed by atoms with van der Waals surface area (Å²) in [5, 5.41) is 0. The van der Waals surface area contributed by atoms with E-state index < -0.39 is 6.04 Å². The molecular weight excluding hydrogens is 284 g/mol. The lowest BCUT2D eigenvalue weighted by atomic mass is 9.99. The Morgan fingerprint density at radius 2 is 2.24 bits per heavy atom. The lowest BCUT2D eigenvalue weighted by Gasteiger charge is -2.23. The highest BCUT2D eigenvalue weighted by Crippen LogP contribution is 2.16. The van der Waals surface area contributed by atoms with E-state index in [0.29, 0.717) is 11.2 Å². The molecule has 0 radical (unpaired) electrons. The van der Waals surface area contributed by atoms with Gasteiger partial charge >= 0.3 is 0 Å². The summed E-state index contributed by atoms with van der Waals surface area (Å²) in [6.07, 6.45) is 0.896. The van der Waals surface area contributed by atoms with E-state index in [9.17, 15) is 4.79 Å². The van der Waals surface area contributed by atoms with Crippen molar-refractivity contribution in [1.82, 2.24) is 4.90 Å². The molecule has 1 aromatic heterocycles. The molecule has 0 saturated carbocycles. The van der Waals surface area contributed by atoms with Crippen molar-refractivity contribution in [2.24, 2.45) is 11.7 Å². The van der Waals surface area contributed by atoms with Crippen molar-refractivity contribution in [1.29, 1.82) is 0 Å². The van der Waals surface area contributed by atoms with Crippen molar-refractivity contribution in [3.8, 4) is 0 Å². The highest BCUT2D eigenvalue weighted by atomic mass is 79.9. The second-order valence-corrected chi connectivity index (χ2v) is 5.09. The third-order valence-corrected chi connectivity index (χ3v) is 3.37. The summed E-state index contributed by atoms with van der Waals surface area (Å²) in [7, 11) is 1.74. The molecule has 1 rings (SSSR count). The molecule has 0 aliphatic carbocycles. The van der Waals surface area contributed by atoms with Gasteiger partial charge in [0, 0.05) is 7.05 Å². The minimum atomic E-state index is -0.441. The standard InChI is InChI=1S/C12H19BrN2O2/c1-4-8(2)11(14)12(16)15(3)7-9-5-6-10(13)17-9/h5-6,8,11H,4,7,14H2,1-3H3. The van der Waals surface area contributed by atoms with Crippen molar-refractivity contribution in [2.75, 3.05) is 7.05 Å². The highest BCUT2D eigenvalue weighted by Gasteiger charge is 2.23. The maximum absolute atomic E-state index is 12.0. The second kappa shape index (κ2) is 6.21. The van der Waals surface area contributed by atoms with Crippen molar-refractivity contribution in [3.05, 3.63) is 22.6 Å². The van der Waals surface area contributed by atoms with E-state index in [0.717, 1.165) is 12.2 Å². The maximum atomic E-state index is 12.0. The number of hydrogen-bond donors (Lipinski definition) is 1.